The van der Waals surface area contributed by atoms with Crippen LogP contribution in [0.3, 0.4) is 0 Å². The maximum absolute atomic E-state index is 12.7. The summed E-state index contributed by atoms with van der Waals surface area (Å²) in [4.78, 5) is 15.2. The number of halogens is 2. The van der Waals surface area contributed by atoms with Crippen LogP contribution in [-0.2, 0) is 4.79 Å². The lowest BCUT2D eigenvalue weighted by Gasteiger charge is -2.37. The van der Waals surface area contributed by atoms with Crippen molar-refractivity contribution < 1.29 is 4.79 Å². The number of rotatable bonds is 5. The molecule has 136 valence electrons. The molecular weight excluding hydrogens is 333 g/mol. The fourth-order valence-corrected chi connectivity index (χ4v) is 4.74. The Morgan fingerprint density at radius 2 is 1.87 bits per heavy atom. The summed E-state index contributed by atoms with van der Waals surface area (Å²) in [6.07, 6.45) is 10.2. The predicted octanol–water partition coefficient (Wildman–Crippen LogP) is 2.60. The molecule has 0 aromatic rings. The summed E-state index contributed by atoms with van der Waals surface area (Å²) in [7, 11) is 2.21. The van der Waals surface area contributed by atoms with E-state index in [1.165, 1.54) is 44.9 Å². The van der Waals surface area contributed by atoms with Crippen LogP contribution in [0.1, 0.15) is 51.4 Å². The van der Waals surface area contributed by atoms with Gasteiger partial charge in [-0.05, 0) is 45.2 Å². The molecule has 1 amide bonds. The molecule has 2 N–H and O–H groups in total. The SMILES string of the molecule is CN(CCNC(=O)[C@@]12CCCC[C@H]1CNC2)C1CCCC1.Cl.Cl. The van der Waals surface area contributed by atoms with E-state index in [1.54, 1.807) is 0 Å². The van der Waals surface area contributed by atoms with Gasteiger partial charge in [-0.3, -0.25) is 4.79 Å². The summed E-state index contributed by atoms with van der Waals surface area (Å²) in [6, 6.07) is 0.746. The molecule has 0 unspecified atom stereocenters. The van der Waals surface area contributed by atoms with E-state index in [0.29, 0.717) is 11.8 Å². The third kappa shape index (κ3) is 4.53. The number of hydrogen-bond acceptors (Lipinski definition) is 3. The lowest BCUT2D eigenvalue weighted by molar-refractivity contribution is -0.134. The molecule has 0 aromatic heterocycles. The topological polar surface area (TPSA) is 44.4 Å². The quantitative estimate of drug-likeness (QED) is 0.786. The summed E-state index contributed by atoms with van der Waals surface area (Å²) in [6.45, 7) is 3.72. The Morgan fingerprint density at radius 1 is 1.17 bits per heavy atom. The fraction of sp³-hybridized carbons (Fsp3) is 0.941. The molecular formula is C17H33Cl2N3O. The molecule has 6 heteroatoms. The Bertz CT molecular complexity index is 377. The van der Waals surface area contributed by atoms with Crippen LogP contribution in [-0.4, -0.2) is 50.1 Å². The zero-order chi connectivity index (χ0) is 14.7. The van der Waals surface area contributed by atoms with Gasteiger partial charge in [-0.15, -0.1) is 24.8 Å². The third-order valence-corrected chi connectivity index (χ3v) is 6.19. The zero-order valence-corrected chi connectivity index (χ0v) is 15.9. The van der Waals surface area contributed by atoms with Gasteiger partial charge in [-0.1, -0.05) is 25.7 Å². The largest absolute Gasteiger partial charge is 0.354 e. The van der Waals surface area contributed by atoms with Crippen molar-refractivity contribution in [1.82, 2.24) is 15.5 Å². The second kappa shape index (κ2) is 9.45. The second-order valence-corrected chi connectivity index (χ2v) is 7.40. The molecule has 3 fully saturated rings. The molecule has 1 heterocycles. The van der Waals surface area contributed by atoms with Crippen molar-refractivity contribution in [2.24, 2.45) is 11.3 Å². The van der Waals surface area contributed by atoms with Gasteiger partial charge in [0.2, 0.25) is 5.91 Å². The van der Waals surface area contributed by atoms with Crippen molar-refractivity contribution in [3.05, 3.63) is 0 Å². The van der Waals surface area contributed by atoms with E-state index in [0.717, 1.165) is 38.6 Å². The number of carbonyl (C=O) groups excluding carboxylic acids is 1. The molecule has 3 rings (SSSR count). The Balaban J connectivity index is 0.00000132. The smallest absolute Gasteiger partial charge is 0.227 e. The molecule has 4 nitrogen and oxygen atoms in total. The molecule has 3 aliphatic rings. The lowest BCUT2D eigenvalue weighted by atomic mass is 9.67. The van der Waals surface area contributed by atoms with Gasteiger partial charge >= 0.3 is 0 Å². The minimum Gasteiger partial charge on any atom is -0.354 e. The van der Waals surface area contributed by atoms with Crippen molar-refractivity contribution in [1.29, 1.82) is 0 Å². The third-order valence-electron chi connectivity index (χ3n) is 6.19. The first-order valence-corrected chi connectivity index (χ1v) is 8.92. The highest BCUT2D eigenvalue weighted by Crippen LogP contribution is 2.43. The van der Waals surface area contributed by atoms with Crippen molar-refractivity contribution in [3.8, 4) is 0 Å². The Hall–Kier alpha value is -0.0300. The van der Waals surface area contributed by atoms with Crippen LogP contribution in [0.4, 0.5) is 0 Å². The van der Waals surface area contributed by atoms with E-state index in [1.807, 2.05) is 0 Å². The first-order valence-electron chi connectivity index (χ1n) is 8.92. The number of amides is 1. The molecule has 0 spiro atoms. The van der Waals surface area contributed by atoms with Gasteiger partial charge in [0.25, 0.3) is 0 Å². The van der Waals surface area contributed by atoms with Crippen molar-refractivity contribution in [2.75, 3.05) is 33.2 Å². The molecule has 1 aliphatic heterocycles. The Labute approximate surface area is 153 Å². The first kappa shape index (κ1) is 21.0. The van der Waals surface area contributed by atoms with E-state index < -0.39 is 0 Å². The molecule has 0 radical (unpaired) electrons. The van der Waals surface area contributed by atoms with Gasteiger partial charge in [0.1, 0.15) is 0 Å². The number of nitrogens with one attached hydrogen (secondary N) is 2. The van der Waals surface area contributed by atoms with Crippen molar-refractivity contribution >= 4 is 30.7 Å². The van der Waals surface area contributed by atoms with Crippen LogP contribution >= 0.6 is 24.8 Å². The minimum atomic E-state index is -0.0931. The highest BCUT2D eigenvalue weighted by Gasteiger charge is 2.49. The maximum atomic E-state index is 12.7. The van der Waals surface area contributed by atoms with Crippen molar-refractivity contribution in [3.63, 3.8) is 0 Å². The Morgan fingerprint density at radius 3 is 2.61 bits per heavy atom. The van der Waals surface area contributed by atoms with E-state index >= 15 is 0 Å². The van der Waals surface area contributed by atoms with Crippen LogP contribution < -0.4 is 10.6 Å². The highest BCUT2D eigenvalue weighted by atomic mass is 35.5. The predicted molar refractivity (Wildman–Crippen MR) is 99.7 cm³/mol. The molecule has 1 saturated heterocycles. The first-order chi connectivity index (χ1) is 10.2. The van der Waals surface area contributed by atoms with Gasteiger partial charge in [-0.2, -0.15) is 0 Å². The normalized spacial score (nSPS) is 30.4. The van der Waals surface area contributed by atoms with Gasteiger partial charge in [-0.25, -0.2) is 0 Å². The zero-order valence-electron chi connectivity index (χ0n) is 14.3. The highest BCUT2D eigenvalue weighted by molar-refractivity contribution is 5.85. The summed E-state index contributed by atoms with van der Waals surface area (Å²) in [5.74, 6) is 0.885. The molecule has 2 atom stereocenters. The number of carbonyl (C=O) groups is 1. The van der Waals surface area contributed by atoms with Gasteiger partial charge < -0.3 is 15.5 Å². The van der Waals surface area contributed by atoms with Gasteiger partial charge in [0.15, 0.2) is 0 Å². The summed E-state index contributed by atoms with van der Waals surface area (Å²) < 4.78 is 0. The minimum absolute atomic E-state index is 0. The standard InChI is InChI=1S/C17H31N3O.2ClH/c1-20(15-7-2-3-8-15)11-10-19-16(21)17-9-5-4-6-14(17)12-18-13-17;;/h14-15,18H,2-13H2,1H3,(H,19,21);2*1H/t14-,17+;;/m0../s1. The number of hydrogen-bond donors (Lipinski definition) is 2. The summed E-state index contributed by atoms with van der Waals surface area (Å²) in [5, 5.41) is 6.71. The second-order valence-electron chi connectivity index (χ2n) is 7.40. The molecule has 0 aromatic carbocycles. The Kier molecular flexibility index (Phi) is 8.64. The summed E-state index contributed by atoms with van der Waals surface area (Å²) in [5.41, 5.74) is -0.0931. The van der Waals surface area contributed by atoms with E-state index in [9.17, 15) is 4.79 Å². The summed E-state index contributed by atoms with van der Waals surface area (Å²) >= 11 is 0. The monoisotopic (exact) mass is 365 g/mol. The van der Waals surface area contributed by atoms with Crippen LogP contribution in [0.25, 0.3) is 0 Å². The van der Waals surface area contributed by atoms with Crippen LogP contribution in [0.15, 0.2) is 0 Å². The fourth-order valence-electron chi connectivity index (χ4n) is 4.74. The number of likely N-dealkylation sites (N-methyl/N-ethyl adjacent to an activating group) is 1. The number of fused-ring (bicyclic) bond motifs is 1. The van der Waals surface area contributed by atoms with Gasteiger partial charge in [0, 0.05) is 25.7 Å². The van der Waals surface area contributed by atoms with Crippen LogP contribution in [0, 0.1) is 11.3 Å². The molecule has 23 heavy (non-hydrogen) atoms. The molecule has 2 aliphatic carbocycles. The van der Waals surface area contributed by atoms with Crippen LogP contribution in [0.5, 0.6) is 0 Å². The molecule has 0 bridgehead atoms. The van der Waals surface area contributed by atoms with E-state index in [-0.39, 0.29) is 30.2 Å². The van der Waals surface area contributed by atoms with Crippen molar-refractivity contribution in [2.45, 2.75) is 57.4 Å². The average Bonchev–Trinajstić information content (AvgIpc) is 3.16. The lowest BCUT2D eigenvalue weighted by Crippen LogP contribution is -2.49. The number of nitrogens with zero attached hydrogens (tertiary/aromatic N) is 1. The van der Waals surface area contributed by atoms with Crippen LogP contribution in [0.2, 0.25) is 0 Å². The average molecular weight is 366 g/mol. The van der Waals surface area contributed by atoms with E-state index in [2.05, 4.69) is 22.6 Å². The maximum Gasteiger partial charge on any atom is 0.227 e. The van der Waals surface area contributed by atoms with Gasteiger partial charge in [0.05, 0.1) is 5.41 Å². The van der Waals surface area contributed by atoms with E-state index in [4.69, 9.17) is 0 Å². The molecule has 2 saturated carbocycles.